The lowest BCUT2D eigenvalue weighted by atomic mass is 10.1. The van der Waals surface area contributed by atoms with Gasteiger partial charge in [0.25, 0.3) is 11.8 Å². The molecule has 1 aliphatic rings. The average molecular weight is 503 g/mol. The van der Waals surface area contributed by atoms with Crippen molar-refractivity contribution >= 4 is 41.6 Å². The van der Waals surface area contributed by atoms with Gasteiger partial charge in [-0.1, -0.05) is 12.1 Å². The molecule has 2 aromatic carbocycles. The Labute approximate surface area is 205 Å². The van der Waals surface area contributed by atoms with Gasteiger partial charge >= 0.3 is 0 Å². The number of rotatable bonds is 11. The molecule has 0 aromatic heterocycles. The highest BCUT2D eigenvalue weighted by Crippen LogP contribution is 2.26. The van der Waals surface area contributed by atoms with E-state index in [0.717, 1.165) is 40.6 Å². The van der Waals surface area contributed by atoms with Crippen molar-refractivity contribution in [2.24, 2.45) is 0 Å². The fraction of sp³-hybridized carbons (Fsp3) is 0.250. The molecule has 0 spiro atoms. The number of imide groups is 1. The summed E-state index contributed by atoms with van der Waals surface area (Å²) in [6, 6.07) is 9.40. The molecule has 2 atom stereocenters. The lowest BCUT2D eigenvalue weighted by Gasteiger charge is -2.24. The number of nitrogens with zero attached hydrogens (tertiary/aromatic N) is 1. The molecular weight excluding hydrogens is 478 g/mol. The molecule has 3 N–H and O–H groups in total. The highest BCUT2D eigenvalue weighted by molar-refractivity contribution is 7.97. The summed E-state index contributed by atoms with van der Waals surface area (Å²) in [5.74, 6) is -3.70. The molecule has 1 aliphatic heterocycles. The van der Waals surface area contributed by atoms with Crippen LogP contribution in [0, 0.1) is 11.6 Å². The zero-order chi connectivity index (χ0) is 25.5. The van der Waals surface area contributed by atoms with Gasteiger partial charge in [0, 0.05) is 36.2 Å². The number of anilines is 1. The Morgan fingerprint density at radius 2 is 1.91 bits per heavy atom. The predicted molar refractivity (Wildman–Crippen MR) is 127 cm³/mol. The number of hydrogen-bond donors (Lipinski definition) is 3. The fourth-order valence-corrected chi connectivity index (χ4v) is 4.19. The van der Waals surface area contributed by atoms with Gasteiger partial charge in [-0.2, -0.15) is 0 Å². The molecule has 0 aliphatic carbocycles. The van der Waals surface area contributed by atoms with E-state index in [1.54, 1.807) is 18.2 Å². The Morgan fingerprint density at radius 3 is 2.60 bits per heavy atom. The van der Waals surface area contributed by atoms with E-state index in [-0.39, 0.29) is 24.6 Å². The Kier molecular flexibility index (Phi) is 8.72. The molecule has 2 unspecified atom stereocenters. The highest BCUT2D eigenvalue weighted by Gasteiger charge is 2.39. The first-order chi connectivity index (χ1) is 16.7. The fourth-order valence-electron chi connectivity index (χ4n) is 3.45. The third kappa shape index (κ3) is 6.31. The molecule has 35 heavy (non-hydrogen) atoms. The number of likely N-dealkylation sites (N-methyl/N-ethyl adjacent to an activating group) is 1. The minimum atomic E-state index is -1.09. The van der Waals surface area contributed by atoms with Crippen LogP contribution >= 0.6 is 11.9 Å². The molecule has 3 amide bonds. The Morgan fingerprint density at radius 1 is 1.14 bits per heavy atom. The second kappa shape index (κ2) is 11.7. The van der Waals surface area contributed by atoms with Crippen molar-refractivity contribution in [1.29, 1.82) is 0 Å². The lowest BCUT2D eigenvalue weighted by Crippen LogP contribution is -2.49. The van der Waals surface area contributed by atoms with E-state index in [2.05, 4.69) is 15.4 Å². The molecule has 8 nitrogen and oxygen atoms in total. The topological polar surface area (TPSA) is 108 Å². The number of aldehydes is 1. The molecule has 184 valence electrons. The maximum Gasteiger partial charge on any atom is 0.278 e. The van der Waals surface area contributed by atoms with Gasteiger partial charge in [-0.05, 0) is 61.2 Å². The van der Waals surface area contributed by atoms with Crippen molar-refractivity contribution in [3.63, 3.8) is 0 Å². The summed E-state index contributed by atoms with van der Waals surface area (Å²) in [5, 5.41) is 5.34. The number of benzene rings is 2. The third-order valence-corrected chi connectivity index (χ3v) is 6.24. The summed E-state index contributed by atoms with van der Waals surface area (Å²) in [6.07, 6.45) is 1.79. The van der Waals surface area contributed by atoms with Gasteiger partial charge in [-0.3, -0.25) is 24.0 Å². The highest BCUT2D eigenvalue weighted by atomic mass is 32.2. The molecular formula is C24H24F2N4O4S. The Hall–Kier alpha value is -3.57. The first-order valence-electron chi connectivity index (χ1n) is 10.7. The second-order valence-electron chi connectivity index (χ2n) is 7.71. The Balaban J connectivity index is 1.68. The second-order valence-corrected chi connectivity index (χ2v) is 8.62. The summed E-state index contributed by atoms with van der Waals surface area (Å²) in [4.78, 5) is 49.7. The van der Waals surface area contributed by atoms with Gasteiger partial charge in [0.05, 0.1) is 0 Å². The van der Waals surface area contributed by atoms with E-state index in [9.17, 15) is 28.0 Å². The number of amides is 3. The third-order valence-electron chi connectivity index (χ3n) is 5.28. The van der Waals surface area contributed by atoms with E-state index in [0.29, 0.717) is 16.9 Å². The monoisotopic (exact) mass is 502 g/mol. The maximum atomic E-state index is 13.4. The van der Waals surface area contributed by atoms with Gasteiger partial charge < -0.3 is 15.4 Å². The van der Waals surface area contributed by atoms with Crippen molar-refractivity contribution in [3.05, 3.63) is 71.4 Å². The van der Waals surface area contributed by atoms with E-state index < -0.39 is 35.4 Å². The minimum absolute atomic E-state index is 0.00364. The van der Waals surface area contributed by atoms with Crippen LogP contribution in [0.25, 0.3) is 0 Å². The molecule has 3 rings (SSSR count). The molecule has 0 saturated heterocycles. The van der Waals surface area contributed by atoms with E-state index >= 15 is 0 Å². The van der Waals surface area contributed by atoms with Gasteiger partial charge in [0.1, 0.15) is 18.0 Å². The standard InChI is InChI=1S/C24H24F2N4O4S/c1-14(29-35-17-8-9-18(25)19(26)12-17)15-5-3-6-16(11-15)28-20-13-22(32)30(24(20)34)21(7-4-10-31)23(33)27-2/h3,5-6,8-14,21,28-29H,4,7H2,1-2H3,(H,27,33). The number of halogens is 2. The number of nitrogens with one attached hydrogen (secondary N) is 3. The van der Waals surface area contributed by atoms with Crippen LogP contribution in [-0.4, -0.2) is 42.0 Å². The Bertz CT molecular complexity index is 1170. The lowest BCUT2D eigenvalue weighted by molar-refractivity contribution is -0.146. The molecule has 0 radical (unpaired) electrons. The quantitative estimate of drug-likeness (QED) is 0.246. The largest absolute Gasteiger partial charge is 0.357 e. The predicted octanol–water partition coefficient (Wildman–Crippen LogP) is 3.08. The molecule has 1 heterocycles. The summed E-state index contributed by atoms with van der Waals surface area (Å²) in [6.45, 7) is 1.87. The van der Waals surface area contributed by atoms with Gasteiger partial charge in [-0.25, -0.2) is 8.78 Å². The van der Waals surface area contributed by atoms with Crippen LogP contribution in [0.3, 0.4) is 0 Å². The van der Waals surface area contributed by atoms with Crippen molar-refractivity contribution in [2.45, 2.75) is 36.7 Å². The van der Waals surface area contributed by atoms with E-state index in [1.165, 1.54) is 13.1 Å². The van der Waals surface area contributed by atoms with Crippen molar-refractivity contribution in [2.75, 3.05) is 12.4 Å². The van der Waals surface area contributed by atoms with Crippen LogP contribution < -0.4 is 15.4 Å². The maximum absolute atomic E-state index is 13.4. The summed E-state index contributed by atoms with van der Waals surface area (Å²) < 4.78 is 29.7. The minimum Gasteiger partial charge on any atom is -0.357 e. The normalized spacial score (nSPS) is 15.0. The van der Waals surface area contributed by atoms with Crippen molar-refractivity contribution < 1.29 is 28.0 Å². The SMILES string of the molecule is CNC(=O)C(CCC=O)N1C(=O)C=C(Nc2cccc(C(C)NSc3ccc(F)c(F)c3)c2)C1=O. The number of carbonyl (C=O) groups is 4. The number of hydrogen-bond acceptors (Lipinski definition) is 7. The van der Waals surface area contributed by atoms with Crippen LogP contribution in [0.5, 0.6) is 0 Å². The van der Waals surface area contributed by atoms with Crippen LogP contribution in [0.1, 0.15) is 31.4 Å². The van der Waals surface area contributed by atoms with Crippen molar-refractivity contribution in [1.82, 2.24) is 14.9 Å². The summed E-state index contributed by atoms with van der Waals surface area (Å²) >= 11 is 1.14. The van der Waals surface area contributed by atoms with Crippen LogP contribution in [-0.2, 0) is 19.2 Å². The molecule has 11 heteroatoms. The van der Waals surface area contributed by atoms with E-state index in [1.807, 2.05) is 13.0 Å². The summed E-state index contributed by atoms with van der Waals surface area (Å²) in [5.41, 5.74) is 1.37. The molecule has 0 fully saturated rings. The average Bonchev–Trinajstić information content (AvgIpc) is 3.12. The first-order valence-corrected chi connectivity index (χ1v) is 11.6. The first kappa shape index (κ1) is 26.0. The van der Waals surface area contributed by atoms with Crippen LogP contribution in [0.15, 0.2) is 59.1 Å². The van der Waals surface area contributed by atoms with Crippen LogP contribution in [0.4, 0.5) is 14.5 Å². The zero-order valence-electron chi connectivity index (χ0n) is 19.0. The molecule has 2 aromatic rings. The van der Waals surface area contributed by atoms with Gasteiger partial charge in [0.2, 0.25) is 5.91 Å². The molecule has 0 saturated carbocycles. The van der Waals surface area contributed by atoms with Crippen molar-refractivity contribution in [3.8, 4) is 0 Å². The molecule has 0 bridgehead atoms. The van der Waals surface area contributed by atoms with Gasteiger partial charge in [0.15, 0.2) is 11.6 Å². The van der Waals surface area contributed by atoms with Gasteiger partial charge in [-0.15, -0.1) is 0 Å². The zero-order valence-corrected chi connectivity index (χ0v) is 19.8. The summed E-state index contributed by atoms with van der Waals surface area (Å²) in [7, 11) is 1.39. The van der Waals surface area contributed by atoms with E-state index in [4.69, 9.17) is 0 Å². The number of carbonyl (C=O) groups excluding carboxylic acids is 4. The van der Waals surface area contributed by atoms with Crippen LogP contribution in [0.2, 0.25) is 0 Å². The smallest absolute Gasteiger partial charge is 0.278 e.